The van der Waals surface area contributed by atoms with Crippen molar-refractivity contribution in [3.63, 3.8) is 0 Å². The molecular weight excluding hydrogens is 263 g/mol. The van der Waals surface area contributed by atoms with Crippen LogP contribution >= 0.6 is 11.6 Å². The van der Waals surface area contributed by atoms with Crippen LogP contribution in [0.1, 0.15) is 45.6 Å². The van der Waals surface area contributed by atoms with E-state index in [0.29, 0.717) is 17.4 Å². The molecule has 0 aromatic heterocycles. The Kier molecular flexibility index (Phi) is 4.00. The maximum Gasteiger partial charge on any atom is 0.137 e. The van der Waals surface area contributed by atoms with Gasteiger partial charge < -0.3 is 0 Å². The van der Waals surface area contributed by atoms with Crippen LogP contribution in [0.15, 0.2) is 18.2 Å². The van der Waals surface area contributed by atoms with E-state index < -0.39 is 5.41 Å². The van der Waals surface area contributed by atoms with Crippen molar-refractivity contribution in [1.82, 2.24) is 0 Å². The van der Waals surface area contributed by atoms with Gasteiger partial charge in [0.2, 0.25) is 0 Å². The van der Waals surface area contributed by atoms with Crippen LogP contribution in [0.2, 0.25) is 5.02 Å². The highest BCUT2D eigenvalue weighted by Gasteiger charge is 2.40. The van der Waals surface area contributed by atoms with Crippen LogP contribution in [0.3, 0.4) is 0 Å². The molecular formula is C16H20ClFO. The van der Waals surface area contributed by atoms with Crippen LogP contribution in [-0.2, 0) is 10.2 Å². The van der Waals surface area contributed by atoms with Gasteiger partial charge in [0.1, 0.15) is 11.6 Å². The van der Waals surface area contributed by atoms with Crippen molar-refractivity contribution in [3.05, 3.63) is 34.6 Å². The lowest BCUT2D eigenvalue weighted by Gasteiger charge is -2.38. The summed E-state index contributed by atoms with van der Waals surface area (Å²) >= 11 is 6.20. The van der Waals surface area contributed by atoms with E-state index in [0.717, 1.165) is 18.4 Å². The van der Waals surface area contributed by atoms with Crippen molar-refractivity contribution in [2.24, 2.45) is 11.8 Å². The average molecular weight is 283 g/mol. The number of halogens is 2. The van der Waals surface area contributed by atoms with Crippen molar-refractivity contribution in [2.45, 2.75) is 45.4 Å². The zero-order valence-corrected chi connectivity index (χ0v) is 12.4. The van der Waals surface area contributed by atoms with Crippen LogP contribution in [-0.4, -0.2) is 5.78 Å². The van der Waals surface area contributed by atoms with E-state index in [1.165, 1.54) is 12.1 Å². The SMILES string of the molecule is CC1CCC(C(C)(C)c2cc(F)ccc2Cl)C(=O)C1. The molecule has 0 spiro atoms. The topological polar surface area (TPSA) is 17.1 Å². The predicted octanol–water partition coefficient (Wildman–Crippen LogP) is 4.76. The maximum atomic E-state index is 13.5. The average Bonchev–Trinajstić information content (AvgIpc) is 2.31. The molecule has 2 atom stereocenters. The zero-order valence-electron chi connectivity index (χ0n) is 11.7. The highest BCUT2D eigenvalue weighted by Crippen LogP contribution is 2.42. The lowest BCUT2D eigenvalue weighted by Crippen LogP contribution is -2.38. The van der Waals surface area contributed by atoms with E-state index in [1.54, 1.807) is 6.07 Å². The van der Waals surface area contributed by atoms with E-state index in [4.69, 9.17) is 11.6 Å². The fraction of sp³-hybridized carbons (Fsp3) is 0.562. The maximum absolute atomic E-state index is 13.5. The molecule has 0 heterocycles. The summed E-state index contributed by atoms with van der Waals surface area (Å²) in [5.74, 6) is 0.374. The molecule has 19 heavy (non-hydrogen) atoms. The number of rotatable bonds is 2. The van der Waals surface area contributed by atoms with E-state index >= 15 is 0 Å². The van der Waals surface area contributed by atoms with Gasteiger partial charge in [0, 0.05) is 22.8 Å². The molecule has 104 valence electrons. The standard InChI is InChI=1S/C16H20ClFO/c1-10-4-6-12(15(19)8-10)16(2,3)13-9-11(18)5-7-14(13)17/h5,7,9-10,12H,4,6,8H2,1-3H3. The Morgan fingerprint density at radius 2 is 2.00 bits per heavy atom. The summed E-state index contributed by atoms with van der Waals surface area (Å²) in [5, 5.41) is 0.540. The quantitative estimate of drug-likeness (QED) is 0.764. The van der Waals surface area contributed by atoms with Gasteiger partial charge >= 0.3 is 0 Å². The number of Topliss-reactive ketones (excluding diaryl/α,β-unsaturated/α-hetero) is 1. The Morgan fingerprint density at radius 3 is 2.63 bits per heavy atom. The van der Waals surface area contributed by atoms with Gasteiger partial charge in [0.05, 0.1) is 0 Å². The van der Waals surface area contributed by atoms with Crippen molar-refractivity contribution >= 4 is 17.4 Å². The van der Waals surface area contributed by atoms with Crippen molar-refractivity contribution in [1.29, 1.82) is 0 Å². The van der Waals surface area contributed by atoms with Crippen molar-refractivity contribution in [2.75, 3.05) is 0 Å². The summed E-state index contributed by atoms with van der Waals surface area (Å²) in [4.78, 5) is 12.3. The van der Waals surface area contributed by atoms with Crippen LogP contribution in [0.25, 0.3) is 0 Å². The Hall–Kier alpha value is -0.890. The van der Waals surface area contributed by atoms with E-state index in [2.05, 4.69) is 6.92 Å². The first-order chi connectivity index (χ1) is 8.82. The minimum atomic E-state index is -0.420. The van der Waals surface area contributed by atoms with Crippen LogP contribution in [0.4, 0.5) is 4.39 Å². The number of benzene rings is 1. The normalized spacial score (nSPS) is 24.6. The van der Waals surface area contributed by atoms with Crippen molar-refractivity contribution < 1.29 is 9.18 Å². The molecule has 0 bridgehead atoms. The van der Waals surface area contributed by atoms with Gasteiger partial charge in [-0.1, -0.05) is 32.4 Å². The summed E-state index contributed by atoms with van der Waals surface area (Å²) in [5.41, 5.74) is 0.318. The number of carbonyl (C=O) groups excluding carboxylic acids is 1. The minimum Gasteiger partial charge on any atom is -0.299 e. The molecule has 1 aromatic rings. The van der Waals surface area contributed by atoms with Gasteiger partial charge in [-0.15, -0.1) is 0 Å². The number of carbonyl (C=O) groups is 1. The first-order valence-corrected chi connectivity index (χ1v) is 7.18. The van der Waals surface area contributed by atoms with E-state index in [-0.39, 0.29) is 17.5 Å². The first-order valence-electron chi connectivity index (χ1n) is 6.80. The Labute approximate surface area is 119 Å². The summed E-state index contributed by atoms with van der Waals surface area (Å²) in [6, 6.07) is 4.39. The summed E-state index contributed by atoms with van der Waals surface area (Å²) in [7, 11) is 0. The van der Waals surface area contributed by atoms with Crippen LogP contribution < -0.4 is 0 Å². The highest BCUT2D eigenvalue weighted by molar-refractivity contribution is 6.31. The van der Waals surface area contributed by atoms with Crippen LogP contribution in [0.5, 0.6) is 0 Å². The molecule has 1 aromatic carbocycles. The number of hydrogen-bond donors (Lipinski definition) is 0. The lowest BCUT2D eigenvalue weighted by atomic mass is 9.65. The van der Waals surface area contributed by atoms with Gasteiger partial charge in [0.15, 0.2) is 0 Å². The fourth-order valence-corrected chi connectivity index (χ4v) is 3.50. The molecule has 2 rings (SSSR count). The van der Waals surface area contributed by atoms with Gasteiger partial charge in [-0.25, -0.2) is 4.39 Å². The third kappa shape index (κ3) is 2.84. The van der Waals surface area contributed by atoms with E-state index in [9.17, 15) is 9.18 Å². The zero-order chi connectivity index (χ0) is 14.2. The number of hydrogen-bond acceptors (Lipinski definition) is 1. The monoisotopic (exact) mass is 282 g/mol. The molecule has 1 aliphatic carbocycles. The predicted molar refractivity (Wildman–Crippen MR) is 75.9 cm³/mol. The van der Waals surface area contributed by atoms with Gasteiger partial charge in [0.25, 0.3) is 0 Å². The smallest absolute Gasteiger partial charge is 0.137 e. The Morgan fingerprint density at radius 1 is 1.32 bits per heavy atom. The van der Waals surface area contributed by atoms with Gasteiger partial charge in [-0.3, -0.25) is 4.79 Å². The Bertz CT molecular complexity index is 496. The highest BCUT2D eigenvalue weighted by atomic mass is 35.5. The number of ketones is 1. The molecule has 3 heteroatoms. The summed E-state index contributed by atoms with van der Waals surface area (Å²) < 4.78 is 13.5. The van der Waals surface area contributed by atoms with Gasteiger partial charge in [-0.2, -0.15) is 0 Å². The lowest BCUT2D eigenvalue weighted by molar-refractivity contribution is -0.128. The molecule has 1 nitrogen and oxygen atoms in total. The second kappa shape index (κ2) is 5.24. The molecule has 0 N–H and O–H groups in total. The fourth-order valence-electron chi connectivity index (χ4n) is 3.14. The van der Waals surface area contributed by atoms with Crippen LogP contribution in [0, 0.1) is 17.7 Å². The molecule has 1 fully saturated rings. The molecule has 1 aliphatic rings. The molecule has 2 unspecified atom stereocenters. The molecule has 0 amide bonds. The second-order valence-corrected chi connectivity index (χ2v) is 6.66. The molecule has 0 saturated heterocycles. The Balaban J connectivity index is 2.36. The minimum absolute atomic E-state index is 0.0667. The molecule has 0 aliphatic heterocycles. The molecule has 0 radical (unpaired) electrons. The largest absolute Gasteiger partial charge is 0.299 e. The third-order valence-corrected chi connectivity index (χ3v) is 4.71. The van der Waals surface area contributed by atoms with Gasteiger partial charge in [-0.05, 0) is 42.5 Å². The summed E-state index contributed by atoms with van der Waals surface area (Å²) in [6.07, 6.45) is 2.54. The second-order valence-electron chi connectivity index (χ2n) is 6.25. The molecule has 1 saturated carbocycles. The first kappa shape index (κ1) is 14.5. The van der Waals surface area contributed by atoms with Crippen molar-refractivity contribution in [3.8, 4) is 0 Å². The van der Waals surface area contributed by atoms with E-state index in [1.807, 2.05) is 13.8 Å². The third-order valence-electron chi connectivity index (χ3n) is 4.38. The summed E-state index contributed by atoms with van der Waals surface area (Å²) in [6.45, 7) is 6.09.